The molecule has 0 saturated carbocycles. The SMILES string of the molecule is CC/C=C\C/C=C\C/C=C\C/C=C\CCCCC(=O)O[C@H](COC(=O)CCCCCCCCC/C=C\C/C=C\CCCCC)COP(=O)([O-])OCC[N+](C)(C)C. The van der Waals surface area contributed by atoms with Gasteiger partial charge in [-0.05, 0) is 83.5 Å². The first-order valence-corrected chi connectivity index (χ1v) is 23.1. The summed E-state index contributed by atoms with van der Waals surface area (Å²) in [5.41, 5.74) is 0. The second kappa shape index (κ2) is 38.0. The Bertz CT molecular complexity index is 1180. The van der Waals surface area contributed by atoms with Crippen molar-refractivity contribution in [3.63, 3.8) is 0 Å². The van der Waals surface area contributed by atoms with Crippen molar-refractivity contribution in [3.05, 3.63) is 72.9 Å². The molecule has 0 aromatic heterocycles. The highest BCUT2D eigenvalue weighted by molar-refractivity contribution is 7.45. The number of phosphoric ester groups is 1. The van der Waals surface area contributed by atoms with Gasteiger partial charge in [-0.2, -0.15) is 0 Å². The van der Waals surface area contributed by atoms with Crippen LogP contribution in [-0.4, -0.2) is 70.0 Å². The van der Waals surface area contributed by atoms with Gasteiger partial charge in [0.25, 0.3) is 7.82 Å². The minimum Gasteiger partial charge on any atom is -0.756 e. The Hall–Kier alpha value is -2.55. The number of phosphoric acid groups is 1. The van der Waals surface area contributed by atoms with Crippen LogP contribution < -0.4 is 4.89 Å². The smallest absolute Gasteiger partial charge is 0.306 e. The van der Waals surface area contributed by atoms with Crippen LogP contribution in [0.5, 0.6) is 0 Å². The molecule has 0 aliphatic heterocycles. The van der Waals surface area contributed by atoms with Crippen molar-refractivity contribution in [2.24, 2.45) is 0 Å². The minimum atomic E-state index is -4.64. The topological polar surface area (TPSA) is 111 Å². The molecule has 2 atom stereocenters. The maximum absolute atomic E-state index is 12.6. The van der Waals surface area contributed by atoms with E-state index in [1.807, 2.05) is 21.1 Å². The third kappa shape index (κ3) is 41.1. The number of unbranched alkanes of at least 4 members (excludes halogenated alkanes) is 12. The second-order valence-electron chi connectivity index (χ2n) is 15.3. The lowest BCUT2D eigenvalue weighted by molar-refractivity contribution is -0.870. The molecule has 0 heterocycles. The second-order valence-corrected chi connectivity index (χ2v) is 16.7. The third-order valence-corrected chi connectivity index (χ3v) is 9.67. The van der Waals surface area contributed by atoms with Crippen molar-refractivity contribution in [1.82, 2.24) is 0 Å². The molecule has 0 aromatic rings. The van der Waals surface area contributed by atoms with E-state index >= 15 is 0 Å². The molecule has 0 bridgehead atoms. The summed E-state index contributed by atoms with van der Waals surface area (Å²) in [7, 11) is 1.12. The predicted molar refractivity (Wildman–Crippen MR) is 231 cm³/mol. The van der Waals surface area contributed by atoms with Gasteiger partial charge in [-0.25, -0.2) is 0 Å². The monoisotopic (exact) mass is 806 g/mol. The summed E-state index contributed by atoms with van der Waals surface area (Å²) >= 11 is 0. The van der Waals surface area contributed by atoms with E-state index < -0.39 is 32.5 Å². The summed E-state index contributed by atoms with van der Waals surface area (Å²) in [4.78, 5) is 37.5. The maximum Gasteiger partial charge on any atom is 0.306 e. The fraction of sp³-hybridized carbons (Fsp3) is 0.696. The first-order chi connectivity index (χ1) is 27.0. The van der Waals surface area contributed by atoms with E-state index in [1.54, 1.807) is 0 Å². The Morgan fingerprint density at radius 1 is 0.571 bits per heavy atom. The largest absolute Gasteiger partial charge is 0.756 e. The molecular weight excluding hydrogens is 725 g/mol. The highest BCUT2D eigenvalue weighted by atomic mass is 31.2. The molecule has 0 aliphatic carbocycles. The zero-order valence-electron chi connectivity index (χ0n) is 36.1. The minimum absolute atomic E-state index is 0.0439. The Morgan fingerprint density at radius 2 is 1.02 bits per heavy atom. The Labute approximate surface area is 342 Å². The summed E-state index contributed by atoms with van der Waals surface area (Å²) < 4.78 is 33.8. The van der Waals surface area contributed by atoms with Crippen LogP contribution in [-0.2, 0) is 32.7 Å². The van der Waals surface area contributed by atoms with Gasteiger partial charge < -0.3 is 27.9 Å². The molecule has 0 fully saturated rings. The van der Waals surface area contributed by atoms with Crippen molar-refractivity contribution in [1.29, 1.82) is 0 Å². The summed E-state index contributed by atoms with van der Waals surface area (Å²) in [6.07, 6.45) is 46.4. The highest BCUT2D eigenvalue weighted by Crippen LogP contribution is 2.38. The van der Waals surface area contributed by atoms with Crippen molar-refractivity contribution in [2.75, 3.05) is 47.5 Å². The van der Waals surface area contributed by atoms with E-state index in [4.69, 9.17) is 18.5 Å². The molecule has 9 nitrogen and oxygen atoms in total. The average molecular weight is 806 g/mol. The van der Waals surface area contributed by atoms with Crippen LogP contribution in [0.2, 0.25) is 0 Å². The van der Waals surface area contributed by atoms with E-state index in [0.29, 0.717) is 23.9 Å². The number of allylic oxidation sites excluding steroid dienone is 12. The van der Waals surface area contributed by atoms with E-state index in [0.717, 1.165) is 70.6 Å². The molecule has 0 rings (SSSR count). The molecule has 0 radical (unpaired) electrons. The van der Waals surface area contributed by atoms with Crippen LogP contribution in [0.1, 0.15) is 155 Å². The number of carbonyl (C=O) groups excluding carboxylic acids is 2. The number of carbonyl (C=O) groups is 2. The number of nitrogens with zero attached hydrogens (tertiary/aromatic N) is 1. The lowest BCUT2D eigenvalue weighted by atomic mass is 10.1. The third-order valence-electron chi connectivity index (χ3n) is 8.71. The van der Waals surface area contributed by atoms with Crippen molar-refractivity contribution >= 4 is 19.8 Å². The molecule has 0 N–H and O–H groups in total. The van der Waals surface area contributed by atoms with E-state index in [9.17, 15) is 19.0 Å². The first-order valence-electron chi connectivity index (χ1n) is 21.6. The van der Waals surface area contributed by atoms with Crippen molar-refractivity contribution < 1.29 is 42.1 Å². The maximum atomic E-state index is 12.6. The van der Waals surface area contributed by atoms with Crippen LogP contribution in [0, 0.1) is 0 Å². The molecule has 10 heteroatoms. The van der Waals surface area contributed by atoms with E-state index in [2.05, 4.69) is 86.8 Å². The number of likely N-dealkylation sites (N-methyl/N-ethyl adjacent to an activating group) is 1. The van der Waals surface area contributed by atoms with Gasteiger partial charge in [-0.15, -0.1) is 0 Å². The van der Waals surface area contributed by atoms with E-state index in [-0.39, 0.29) is 26.1 Å². The van der Waals surface area contributed by atoms with Crippen molar-refractivity contribution in [3.8, 4) is 0 Å². The standard InChI is InChI=1S/C46H80NO8P/c1-6-8-10-12-14-16-18-20-22-23-25-26-28-30-32-34-36-38-45(48)52-42-44(43-54-56(50,51)53-41-40-47(3,4)5)55-46(49)39-37-35-33-31-29-27-24-21-19-17-15-13-11-9-7-2/h9,11,14-17,20-22,24,29,31,44H,6-8,10,12-13,18-19,23,25-28,30,32-43H2,1-5H3/b11-9-,16-14-,17-15-,22-20-,24-21-,31-29-/t44-/m1/s1. The van der Waals surface area contributed by atoms with Crippen LogP contribution in [0.15, 0.2) is 72.9 Å². The Balaban J connectivity index is 4.45. The molecule has 0 aliphatic rings. The fourth-order valence-electron chi connectivity index (χ4n) is 5.32. The average Bonchev–Trinajstić information content (AvgIpc) is 3.15. The Morgan fingerprint density at radius 3 is 1.55 bits per heavy atom. The number of hydrogen-bond acceptors (Lipinski definition) is 8. The lowest BCUT2D eigenvalue weighted by Crippen LogP contribution is -2.37. The van der Waals surface area contributed by atoms with Gasteiger partial charge in [0, 0.05) is 12.8 Å². The quantitative estimate of drug-likeness (QED) is 0.0199. The molecule has 322 valence electrons. The summed E-state index contributed by atoms with van der Waals surface area (Å²) in [5.74, 6) is -0.899. The van der Waals surface area contributed by atoms with Crippen molar-refractivity contribution in [2.45, 2.75) is 161 Å². The molecule has 56 heavy (non-hydrogen) atoms. The van der Waals surface area contributed by atoms with Crippen LogP contribution in [0.4, 0.5) is 0 Å². The number of rotatable bonds is 38. The zero-order valence-corrected chi connectivity index (χ0v) is 36.9. The lowest BCUT2D eigenvalue weighted by Gasteiger charge is -2.28. The first kappa shape index (κ1) is 53.5. The summed E-state index contributed by atoms with van der Waals surface area (Å²) in [6.45, 7) is 4.01. The number of ether oxygens (including phenoxy) is 2. The molecule has 0 aromatic carbocycles. The van der Waals surface area contributed by atoms with Gasteiger partial charge in [0.2, 0.25) is 0 Å². The van der Waals surface area contributed by atoms with Gasteiger partial charge in [0.05, 0.1) is 27.7 Å². The normalized spacial score (nSPS) is 14.3. The summed E-state index contributed by atoms with van der Waals surface area (Å²) in [6, 6.07) is 0. The van der Waals surface area contributed by atoms with E-state index in [1.165, 1.54) is 44.9 Å². The molecule has 1 unspecified atom stereocenters. The molecule has 0 spiro atoms. The molecule has 0 saturated heterocycles. The number of quaternary nitrogens is 1. The highest BCUT2D eigenvalue weighted by Gasteiger charge is 2.21. The van der Waals surface area contributed by atoms with Gasteiger partial charge in [0.1, 0.15) is 19.8 Å². The predicted octanol–water partition coefficient (Wildman–Crippen LogP) is 11.6. The number of esters is 2. The summed E-state index contributed by atoms with van der Waals surface area (Å²) in [5, 5.41) is 0. The van der Waals surface area contributed by atoms with Crippen LogP contribution in [0.3, 0.4) is 0 Å². The van der Waals surface area contributed by atoms with Gasteiger partial charge in [0.15, 0.2) is 6.10 Å². The zero-order chi connectivity index (χ0) is 41.4. The van der Waals surface area contributed by atoms with Crippen LogP contribution >= 0.6 is 7.82 Å². The molecular formula is C46H80NO8P. The van der Waals surface area contributed by atoms with Crippen LogP contribution in [0.25, 0.3) is 0 Å². The van der Waals surface area contributed by atoms with Gasteiger partial charge in [-0.3, -0.25) is 14.2 Å². The number of hydrogen-bond donors (Lipinski definition) is 0. The molecule has 0 amide bonds. The fourth-order valence-corrected chi connectivity index (χ4v) is 6.05. The Kier molecular flexibility index (Phi) is 36.3. The van der Waals surface area contributed by atoms with Gasteiger partial charge in [-0.1, -0.05) is 132 Å². The van der Waals surface area contributed by atoms with Gasteiger partial charge >= 0.3 is 11.9 Å².